The van der Waals surface area contributed by atoms with E-state index in [1.165, 1.54) is 19.1 Å². The van der Waals surface area contributed by atoms with Gasteiger partial charge in [0, 0.05) is 13.5 Å². The van der Waals surface area contributed by atoms with Crippen LogP contribution in [0.25, 0.3) is 0 Å². The van der Waals surface area contributed by atoms with Gasteiger partial charge in [-0.1, -0.05) is 18.2 Å². The molecule has 25 heavy (non-hydrogen) atoms. The highest BCUT2D eigenvalue weighted by atomic mass is 19.1. The third kappa shape index (κ3) is 4.86. The Morgan fingerprint density at radius 3 is 2.84 bits per heavy atom. The summed E-state index contributed by atoms with van der Waals surface area (Å²) in [6.45, 7) is 3.97. The molecule has 0 spiro atoms. The average Bonchev–Trinajstić information content (AvgIpc) is 3.08. The van der Waals surface area contributed by atoms with Crippen LogP contribution >= 0.6 is 0 Å². The Labute approximate surface area is 148 Å². The molecule has 5 heteroatoms. The van der Waals surface area contributed by atoms with E-state index in [4.69, 9.17) is 4.98 Å². The quantitative estimate of drug-likeness (QED) is 0.877. The topological polar surface area (TPSA) is 45.2 Å². The van der Waals surface area contributed by atoms with Crippen LogP contribution < -0.4 is 5.32 Å². The number of aromatic nitrogens is 1. The highest BCUT2D eigenvalue weighted by Crippen LogP contribution is 2.30. The van der Waals surface area contributed by atoms with E-state index in [1.54, 1.807) is 0 Å². The third-order valence-electron chi connectivity index (χ3n) is 4.65. The van der Waals surface area contributed by atoms with Gasteiger partial charge in [-0.3, -0.25) is 14.7 Å². The van der Waals surface area contributed by atoms with E-state index < -0.39 is 0 Å². The van der Waals surface area contributed by atoms with Crippen molar-refractivity contribution in [3.05, 3.63) is 65.2 Å². The van der Waals surface area contributed by atoms with E-state index in [1.807, 2.05) is 24.3 Å². The van der Waals surface area contributed by atoms with Crippen LogP contribution in [0.3, 0.4) is 0 Å². The molecule has 3 rings (SSSR count). The number of likely N-dealkylation sites (tertiary alicyclic amines) is 1. The van der Waals surface area contributed by atoms with E-state index in [0.29, 0.717) is 12.6 Å². The summed E-state index contributed by atoms with van der Waals surface area (Å²) in [5, 5.41) is 2.80. The molecular weight excluding hydrogens is 317 g/mol. The standard InChI is InChI=1S/C20H24FN3O/c1-15(25)22-14-18-4-2-5-19(23-18)20-6-3-12-24(20)13-11-16-7-9-17(21)10-8-16/h2,4-5,7-10,20H,3,6,11-14H2,1H3,(H,22,25)/t20-/m1/s1. The van der Waals surface area contributed by atoms with E-state index in [9.17, 15) is 9.18 Å². The summed E-state index contributed by atoms with van der Waals surface area (Å²) in [5.74, 6) is -0.239. The maximum atomic E-state index is 13.0. The Balaban J connectivity index is 1.63. The molecule has 1 fully saturated rings. The smallest absolute Gasteiger partial charge is 0.217 e. The number of halogens is 1. The first-order chi connectivity index (χ1) is 12.1. The van der Waals surface area contributed by atoms with Gasteiger partial charge in [0.05, 0.1) is 24.0 Å². The zero-order valence-corrected chi connectivity index (χ0v) is 14.5. The van der Waals surface area contributed by atoms with Gasteiger partial charge < -0.3 is 5.32 Å². The molecule has 1 aromatic carbocycles. The number of pyridine rings is 1. The summed E-state index contributed by atoms with van der Waals surface area (Å²) in [5.41, 5.74) is 3.11. The summed E-state index contributed by atoms with van der Waals surface area (Å²) >= 11 is 0. The maximum absolute atomic E-state index is 13.0. The van der Waals surface area contributed by atoms with Gasteiger partial charge in [0.1, 0.15) is 5.82 Å². The Bertz CT molecular complexity index is 717. The second-order valence-electron chi connectivity index (χ2n) is 6.53. The second kappa shape index (κ2) is 8.21. The summed E-state index contributed by atoms with van der Waals surface area (Å²) < 4.78 is 13.0. The molecule has 1 atom stereocenters. The number of rotatable bonds is 6. The van der Waals surface area contributed by atoms with Gasteiger partial charge in [0.15, 0.2) is 0 Å². The maximum Gasteiger partial charge on any atom is 0.217 e. The van der Waals surface area contributed by atoms with Crippen LogP contribution in [0.1, 0.15) is 42.8 Å². The first kappa shape index (κ1) is 17.5. The number of carbonyl (C=O) groups excluding carboxylic acids is 1. The van der Waals surface area contributed by atoms with E-state index in [-0.39, 0.29) is 11.7 Å². The van der Waals surface area contributed by atoms with Crippen molar-refractivity contribution < 1.29 is 9.18 Å². The predicted molar refractivity (Wildman–Crippen MR) is 95.4 cm³/mol. The van der Waals surface area contributed by atoms with Crippen molar-refractivity contribution in [1.82, 2.24) is 15.2 Å². The van der Waals surface area contributed by atoms with Crippen molar-refractivity contribution >= 4 is 5.91 Å². The monoisotopic (exact) mass is 341 g/mol. The minimum absolute atomic E-state index is 0.0472. The lowest BCUT2D eigenvalue weighted by atomic mass is 10.1. The molecule has 1 aromatic heterocycles. The lowest BCUT2D eigenvalue weighted by Crippen LogP contribution is -2.27. The fourth-order valence-corrected chi connectivity index (χ4v) is 3.35. The highest BCUT2D eigenvalue weighted by Gasteiger charge is 2.26. The first-order valence-electron chi connectivity index (χ1n) is 8.80. The molecule has 2 heterocycles. The van der Waals surface area contributed by atoms with E-state index in [0.717, 1.165) is 49.3 Å². The van der Waals surface area contributed by atoms with Crippen molar-refractivity contribution in [1.29, 1.82) is 0 Å². The number of nitrogens with one attached hydrogen (secondary N) is 1. The molecule has 1 saturated heterocycles. The fourth-order valence-electron chi connectivity index (χ4n) is 3.35. The van der Waals surface area contributed by atoms with Crippen LogP contribution in [0.5, 0.6) is 0 Å². The van der Waals surface area contributed by atoms with Crippen LogP contribution in [0.2, 0.25) is 0 Å². The van der Waals surface area contributed by atoms with Crippen LogP contribution in [0.4, 0.5) is 4.39 Å². The average molecular weight is 341 g/mol. The van der Waals surface area contributed by atoms with Gasteiger partial charge in [0.25, 0.3) is 0 Å². The largest absolute Gasteiger partial charge is 0.351 e. The molecule has 0 unspecified atom stereocenters. The van der Waals surface area contributed by atoms with Gasteiger partial charge in [-0.25, -0.2) is 4.39 Å². The Kier molecular flexibility index (Phi) is 5.76. The van der Waals surface area contributed by atoms with Crippen molar-refractivity contribution in [2.24, 2.45) is 0 Å². The zero-order chi connectivity index (χ0) is 17.6. The molecule has 0 aliphatic carbocycles. The molecule has 1 aliphatic rings. The van der Waals surface area contributed by atoms with Crippen LogP contribution in [-0.4, -0.2) is 28.9 Å². The number of nitrogens with zero attached hydrogens (tertiary/aromatic N) is 2. The van der Waals surface area contributed by atoms with Crippen molar-refractivity contribution in [2.75, 3.05) is 13.1 Å². The summed E-state index contributed by atoms with van der Waals surface area (Å²) in [7, 11) is 0. The molecule has 1 aliphatic heterocycles. The van der Waals surface area contributed by atoms with Gasteiger partial charge in [-0.05, 0) is 55.6 Å². The normalized spacial score (nSPS) is 17.6. The second-order valence-corrected chi connectivity index (χ2v) is 6.53. The SMILES string of the molecule is CC(=O)NCc1cccc([C@H]2CCCN2CCc2ccc(F)cc2)n1. The molecule has 1 N–H and O–H groups in total. The molecular formula is C20H24FN3O. The Morgan fingerprint density at radius 1 is 1.28 bits per heavy atom. The number of carbonyl (C=O) groups is 1. The molecule has 0 radical (unpaired) electrons. The number of hydrogen-bond acceptors (Lipinski definition) is 3. The van der Waals surface area contributed by atoms with Crippen molar-refractivity contribution in [3.8, 4) is 0 Å². The lowest BCUT2D eigenvalue weighted by molar-refractivity contribution is -0.119. The van der Waals surface area contributed by atoms with Crippen LogP contribution in [0.15, 0.2) is 42.5 Å². The van der Waals surface area contributed by atoms with Crippen molar-refractivity contribution in [3.63, 3.8) is 0 Å². The Hall–Kier alpha value is -2.27. The fraction of sp³-hybridized carbons (Fsp3) is 0.400. The van der Waals surface area contributed by atoms with E-state index in [2.05, 4.69) is 16.3 Å². The molecule has 0 saturated carbocycles. The third-order valence-corrected chi connectivity index (χ3v) is 4.65. The predicted octanol–water partition coefficient (Wildman–Crippen LogP) is 3.24. The highest BCUT2D eigenvalue weighted by molar-refractivity contribution is 5.72. The molecule has 1 amide bonds. The molecule has 2 aromatic rings. The Morgan fingerprint density at radius 2 is 2.08 bits per heavy atom. The number of benzene rings is 1. The van der Waals surface area contributed by atoms with Gasteiger partial charge in [-0.15, -0.1) is 0 Å². The first-order valence-corrected chi connectivity index (χ1v) is 8.80. The van der Waals surface area contributed by atoms with Gasteiger partial charge in [-0.2, -0.15) is 0 Å². The minimum Gasteiger partial charge on any atom is -0.351 e. The van der Waals surface area contributed by atoms with Crippen LogP contribution in [0, 0.1) is 5.82 Å². The van der Waals surface area contributed by atoms with Crippen molar-refractivity contribution in [2.45, 2.75) is 38.8 Å². The number of amides is 1. The van der Waals surface area contributed by atoms with Gasteiger partial charge in [0.2, 0.25) is 5.91 Å². The number of hydrogen-bond donors (Lipinski definition) is 1. The minimum atomic E-state index is -0.192. The molecule has 132 valence electrons. The summed E-state index contributed by atoms with van der Waals surface area (Å²) in [6.07, 6.45) is 3.16. The lowest BCUT2D eigenvalue weighted by Gasteiger charge is -2.24. The van der Waals surface area contributed by atoms with Crippen LogP contribution in [-0.2, 0) is 17.8 Å². The summed E-state index contributed by atoms with van der Waals surface area (Å²) in [6, 6.07) is 13.1. The molecule has 0 bridgehead atoms. The summed E-state index contributed by atoms with van der Waals surface area (Å²) in [4.78, 5) is 18.3. The zero-order valence-electron chi connectivity index (χ0n) is 14.5. The molecule has 4 nitrogen and oxygen atoms in total. The van der Waals surface area contributed by atoms with E-state index >= 15 is 0 Å². The van der Waals surface area contributed by atoms with Gasteiger partial charge >= 0.3 is 0 Å².